The summed E-state index contributed by atoms with van der Waals surface area (Å²) in [6.07, 6.45) is 4.22. The summed E-state index contributed by atoms with van der Waals surface area (Å²) in [6.45, 7) is 9.24. The summed E-state index contributed by atoms with van der Waals surface area (Å²) in [4.78, 5) is 26.2. The summed E-state index contributed by atoms with van der Waals surface area (Å²) in [6, 6.07) is 11.8. The van der Waals surface area contributed by atoms with Gasteiger partial charge in [0.2, 0.25) is 0 Å². The Morgan fingerprint density at radius 2 is 1.50 bits per heavy atom. The Balaban J connectivity index is 1.79. The van der Waals surface area contributed by atoms with Gasteiger partial charge < -0.3 is 14.2 Å². The zero-order valence-corrected chi connectivity index (χ0v) is 22.8. The molecule has 0 fully saturated rings. The molecule has 0 aromatic heterocycles. The molecule has 2 aromatic rings. The number of benzene rings is 2. The molecule has 0 N–H and O–H groups in total. The van der Waals surface area contributed by atoms with E-state index in [0.29, 0.717) is 5.56 Å². The Bertz CT molecular complexity index is 1120. The third-order valence-electron chi connectivity index (χ3n) is 8.55. The summed E-state index contributed by atoms with van der Waals surface area (Å²) < 4.78 is 16.3. The van der Waals surface area contributed by atoms with Crippen LogP contribution in [0.2, 0.25) is 0 Å². The second-order valence-electron chi connectivity index (χ2n) is 11.7. The van der Waals surface area contributed by atoms with Crippen molar-refractivity contribution < 1.29 is 23.8 Å². The summed E-state index contributed by atoms with van der Waals surface area (Å²) >= 11 is 0. The lowest BCUT2D eigenvalue weighted by Gasteiger charge is -2.42. The minimum atomic E-state index is -0.586. The van der Waals surface area contributed by atoms with Gasteiger partial charge in [-0.05, 0) is 83.4 Å². The van der Waals surface area contributed by atoms with Crippen molar-refractivity contribution in [3.63, 3.8) is 0 Å². The first-order chi connectivity index (χ1) is 17.0. The number of hydrogen-bond acceptors (Lipinski definition) is 5. The predicted molar refractivity (Wildman–Crippen MR) is 141 cm³/mol. The van der Waals surface area contributed by atoms with Gasteiger partial charge in [-0.1, -0.05) is 45.9 Å². The third-order valence-corrected chi connectivity index (χ3v) is 8.55. The number of ether oxygens (including phenoxy) is 3. The number of hydrogen-bond donors (Lipinski definition) is 0. The van der Waals surface area contributed by atoms with Crippen LogP contribution < -0.4 is 0 Å². The van der Waals surface area contributed by atoms with Crippen molar-refractivity contribution in [3.8, 4) is 0 Å². The normalized spacial score (nSPS) is 21.3. The molecule has 2 unspecified atom stereocenters. The van der Waals surface area contributed by atoms with Gasteiger partial charge in [-0.25, -0.2) is 4.79 Å². The summed E-state index contributed by atoms with van der Waals surface area (Å²) in [5, 5.41) is 0. The van der Waals surface area contributed by atoms with Crippen LogP contribution in [0.15, 0.2) is 36.4 Å². The van der Waals surface area contributed by atoms with Gasteiger partial charge in [-0.15, -0.1) is 0 Å². The van der Waals surface area contributed by atoms with Gasteiger partial charge in [0.25, 0.3) is 0 Å². The highest BCUT2D eigenvalue weighted by molar-refractivity contribution is 6.00. The Morgan fingerprint density at radius 3 is 2.06 bits per heavy atom. The van der Waals surface area contributed by atoms with E-state index in [-0.39, 0.29) is 34.4 Å². The van der Waals surface area contributed by atoms with Gasteiger partial charge >= 0.3 is 5.97 Å². The highest BCUT2D eigenvalue weighted by Crippen LogP contribution is 2.48. The molecular formula is C31H40O5. The molecule has 0 spiro atoms. The number of carbonyl (C=O) groups excluding carboxylic acids is 2. The number of rotatable bonds is 6. The topological polar surface area (TPSA) is 61.8 Å². The third kappa shape index (κ3) is 4.76. The summed E-state index contributed by atoms with van der Waals surface area (Å²) in [5.74, 6) is -0.822. The summed E-state index contributed by atoms with van der Waals surface area (Å²) in [5.41, 5.74) is 6.24. The fraction of sp³-hybridized carbons (Fsp3) is 0.548. The molecule has 194 valence electrons. The van der Waals surface area contributed by atoms with Crippen LogP contribution in [-0.4, -0.2) is 39.4 Å². The van der Waals surface area contributed by atoms with Crippen LogP contribution in [0.25, 0.3) is 0 Å². The molecule has 2 aliphatic rings. The molecule has 0 bridgehead atoms. The minimum absolute atomic E-state index is 0.0344. The van der Waals surface area contributed by atoms with E-state index >= 15 is 0 Å². The maximum absolute atomic E-state index is 14.3. The van der Waals surface area contributed by atoms with Crippen LogP contribution in [0, 0.1) is 5.92 Å². The lowest BCUT2D eigenvalue weighted by Crippen LogP contribution is -2.35. The number of esters is 1. The van der Waals surface area contributed by atoms with E-state index in [4.69, 9.17) is 14.2 Å². The van der Waals surface area contributed by atoms with Crippen molar-refractivity contribution in [2.45, 2.75) is 82.8 Å². The highest BCUT2D eigenvalue weighted by Gasteiger charge is 2.42. The Morgan fingerprint density at radius 1 is 0.917 bits per heavy atom. The number of methoxy groups -OCH3 is 3. The second-order valence-corrected chi connectivity index (χ2v) is 11.7. The molecule has 2 aliphatic carbocycles. The molecule has 2 atom stereocenters. The summed E-state index contributed by atoms with van der Waals surface area (Å²) in [7, 11) is 4.59. The fourth-order valence-electron chi connectivity index (χ4n) is 6.21. The van der Waals surface area contributed by atoms with Crippen LogP contribution in [-0.2, 0) is 31.5 Å². The first kappa shape index (κ1) is 26.6. The quantitative estimate of drug-likeness (QED) is 0.267. The van der Waals surface area contributed by atoms with Gasteiger partial charge in [0.05, 0.1) is 12.7 Å². The maximum Gasteiger partial charge on any atom is 0.337 e. The molecule has 0 amide bonds. The minimum Gasteiger partial charge on any atom is -0.465 e. The van der Waals surface area contributed by atoms with E-state index in [0.717, 1.165) is 48.8 Å². The zero-order chi connectivity index (χ0) is 26.3. The van der Waals surface area contributed by atoms with E-state index in [1.165, 1.54) is 18.2 Å². The molecule has 5 heteroatoms. The SMILES string of the molecule is COC(=O)c1ccc(C(C(OC)OC)C2CCCc3cc4c(cc3C2=O)C(C)(C)CCC4(C)C)cc1. The van der Waals surface area contributed by atoms with Crippen molar-refractivity contribution in [1.29, 1.82) is 0 Å². The van der Waals surface area contributed by atoms with Crippen LogP contribution >= 0.6 is 0 Å². The highest BCUT2D eigenvalue weighted by atomic mass is 16.7. The molecule has 0 aliphatic heterocycles. The molecule has 4 rings (SSSR count). The van der Waals surface area contributed by atoms with Gasteiger partial charge in [0.1, 0.15) is 0 Å². The van der Waals surface area contributed by atoms with Crippen LogP contribution in [0.5, 0.6) is 0 Å². The van der Waals surface area contributed by atoms with Gasteiger partial charge in [0, 0.05) is 31.6 Å². The average molecular weight is 493 g/mol. The smallest absolute Gasteiger partial charge is 0.337 e. The van der Waals surface area contributed by atoms with Crippen molar-refractivity contribution in [1.82, 2.24) is 0 Å². The molecule has 0 saturated carbocycles. The van der Waals surface area contributed by atoms with E-state index in [2.05, 4.69) is 39.8 Å². The Kier molecular flexibility index (Phi) is 7.45. The molecule has 5 nitrogen and oxygen atoms in total. The van der Waals surface area contributed by atoms with E-state index in [1.54, 1.807) is 26.4 Å². The van der Waals surface area contributed by atoms with Gasteiger partial charge in [-0.2, -0.15) is 0 Å². The number of aryl methyl sites for hydroxylation is 1. The van der Waals surface area contributed by atoms with Crippen LogP contribution in [0.4, 0.5) is 0 Å². The van der Waals surface area contributed by atoms with Crippen LogP contribution in [0.1, 0.15) is 102 Å². The largest absolute Gasteiger partial charge is 0.465 e. The maximum atomic E-state index is 14.3. The lowest BCUT2D eigenvalue weighted by atomic mass is 9.62. The number of carbonyl (C=O) groups is 2. The molecule has 2 aromatic carbocycles. The molecule has 36 heavy (non-hydrogen) atoms. The molecule has 0 heterocycles. The first-order valence-electron chi connectivity index (χ1n) is 13.0. The monoisotopic (exact) mass is 492 g/mol. The number of Topliss-reactive ketones (excluding diaryl/α,β-unsaturated/α-hetero) is 1. The molecular weight excluding hydrogens is 452 g/mol. The van der Waals surface area contributed by atoms with Gasteiger partial charge in [0.15, 0.2) is 12.1 Å². The van der Waals surface area contributed by atoms with Crippen molar-refractivity contribution in [2.24, 2.45) is 5.92 Å². The lowest BCUT2D eigenvalue weighted by molar-refractivity contribution is -0.125. The molecule has 0 saturated heterocycles. The Labute approximate surface area is 215 Å². The Hall–Kier alpha value is -2.50. The van der Waals surface area contributed by atoms with E-state index in [1.807, 2.05) is 12.1 Å². The van der Waals surface area contributed by atoms with E-state index < -0.39 is 6.29 Å². The first-order valence-corrected chi connectivity index (χ1v) is 13.0. The second kappa shape index (κ2) is 10.1. The fourth-order valence-corrected chi connectivity index (χ4v) is 6.21. The number of ketones is 1. The molecule has 0 radical (unpaired) electrons. The van der Waals surface area contributed by atoms with Crippen LogP contribution in [0.3, 0.4) is 0 Å². The van der Waals surface area contributed by atoms with Gasteiger partial charge in [-0.3, -0.25) is 4.79 Å². The van der Waals surface area contributed by atoms with Crippen molar-refractivity contribution in [3.05, 3.63) is 69.8 Å². The number of fused-ring (bicyclic) bond motifs is 2. The predicted octanol–water partition coefficient (Wildman–Crippen LogP) is 6.36. The zero-order valence-electron chi connectivity index (χ0n) is 22.8. The van der Waals surface area contributed by atoms with Crippen molar-refractivity contribution >= 4 is 11.8 Å². The van der Waals surface area contributed by atoms with Crippen molar-refractivity contribution in [2.75, 3.05) is 21.3 Å². The van der Waals surface area contributed by atoms with E-state index in [9.17, 15) is 9.59 Å². The standard InChI is InChI=1S/C31H40O5/c1-30(2)15-16-31(3,4)25-18-23-21(17-24(25)30)9-8-10-22(27(23)32)26(29(35-6)36-7)19-11-13-20(14-12-19)28(33)34-5/h11-14,17-18,22,26,29H,8-10,15-16H2,1-7H3. The average Bonchev–Trinajstić information content (AvgIpc) is 3.02.